The van der Waals surface area contributed by atoms with Crippen molar-refractivity contribution in [3.05, 3.63) is 70.8 Å². The van der Waals surface area contributed by atoms with Crippen LogP contribution < -0.4 is 5.32 Å². The first-order valence-corrected chi connectivity index (χ1v) is 8.58. The second-order valence-corrected chi connectivity index (χ2v) is 6.94. The summed E-state index contributed by atoms with van der Waals surface area (Å²) in [5.41, 5.74) is 2.09. The van der Waals surface area contributed by atoms with E-state index >= 15 is 0 Å². The van der Waals surface area contributed by atoms with E-state index < -0.39 is 23.5 Å². The van der Waals surface area contributed by atoms with Gasteiger partial charge in [-0.15, -0.1) is 0 Å². The van der Waals surface area contributed by atoms with E-state index in [1.54, 1.807) is 38.1 Å². The number of amides is 3. The van der Waals surface area contributed by atoms with Gasteiger partial charge in [-0.1, -0.05) is 42.5 Å². The molecule has 0 aliphatic carbocycles. The molecule has 2 aromatic rings. The lowest BCUT2D eigenvalue weighted by Crippen LogP contribution is -2.45. The minimum Gasteiger partial charge on any atom is -0.319 e. The Balaban J connectivity index is 1.91. The number of benzene rings is 2. The van der Waals surface area contributed by atoms with E-state index in [1.807, 2.05) is 38.1 Å². The number of urea groups is 1. The molecule has 2 atom stereocenters. The normalized spacial score (nSPS) is 20.8. The van der Waals surface area contributed by atoms with Crippen LogP contribution in [-0.2, 0) is 10.3 Å². The van der Waals surface area contributed by atoms with Gasteiger partial charge in [-0.05, 0) is 50.5 Å². The number of ketones is 1. The van der Waals surface area contributed by atoms with Crippen molar-refractivity contribution in [3.8, 4) is 0 Å². The maximum absolute atomic E-state index is 13.0. The summed E-state index contributed by atoms with van der Waals surface area (Å²) < 4.78 is 0. The second kappa shape index (κ2) is 6.41. The molecule has 1 heterocycles. The lowest BCUT2D eigenvalue weighted by molar-refractivity contribution is -0.131. The predicted molar refractivity (Wildman–Crippen MR) is 98.9 cm³/mol. The third-order valence-corrected chi connectivity index (χ3v) is 5.13. The zero-order chi connectivity index (χ0) is 19.1. The van der Waals surface area contributed by atoms with Gasteiger partial charge in [0.05, 0.1) is 0 Å². The molecule has 2 aromatic carbocycles. The number of Topliss-reactive ketones (excluding diaryl/α,β-unsaturated/α-hetero) is 1. The summed E-state index contributed by atoms with van der Waals surface area (Å²) in [5, 5.41) is 2.74. The van der Waals surface area contributed by atoms with Gasteiger partial charge < -0.3 is 5.32 Å². The Morgan fingerprint density at radius 2 is 1.69 bits per heavy atom. The summed E-state index contributed by atoms with van der Waals surface area (Å²) in [6, 6.07) is 13.0. The molecule has 1 aliphatic rings. The zero-order valence-electron chi connectivity index (χ0n) is 15.4. The standard InChI is InChI=1S/C21H22N2O3/c1-13-10-11-16(12-14(13)2)18(24)15(3)23-19(25)21(4,22-20(23)26)17-8-6-5-7-9-17/h5-12,15H,1-4H3,(H,22,26). The van der Waals surface area contributed by atoms with Crippen LogP contribution in [0.5, 0.6) is 0 Å². The van der Waals surface area contributed by atoms with Crippen LogP contribution >= 0.6 is 0 Å². The van der Waals surface area contributed by atoms with Crippen molar-refractivity contribution in [2.24, 2.45) is 0 Å². The smallest absolute Gasteiger partial charge is 0.319 e. The Hall–Kier alpha value is -2.95. The van der Waals surface area contributed by atoms with Crippen LogP contribution in [0.3, 0.4) is 0 Å². The molecule has 0 bridgehead atoms. The summed E-state index contributed by atoms with van der Waals surface area (Å²) in [6.07, 6.45) is 0. The first kappa shape index (κ1) is 17.9. The molecule has 0 aromatic heterocycles. The molecule has 1 N–H and O–H groups in total. The third-order valence-electron chi connectivity index (χ3n) is 5.13. The van der Waals surface area contributed by atoms with Gasteiger partial charge in [0.1, 0.15) is 11.6 Å². The largest absolute Gasteiger partial charge is 0.325 e. The van der Waals surface area contributed by atoms with Gasteiger partial charge in [0.25, 0.3) is 5.91 Å². The molecule has 1 saturated heterocycles. The molecule has 5 nitrogen and oxygen atoms in total. The van der Waals surface area contributed by atoms with E-state index in [9.17, 15) is 14.4 Å². The number of aryl methyl sites for hydroxylation is 2. The highest BCUT2D eigenvalue weighted by Crippen LogP contribution is 2.30. The number of nitrogens with zero attached hydrogens (tertiary/aromatic N) is 1. The van der Waals surface area contributed by atoms with E-state index in [1.165, 1.54) is 0 Å². The van der Waals surface area contributed by atoms with E-state index in [4.69, 9.17) is 0 Å². The topological polar surface area (TPSA) is 66.5 Å². The Morgan fingerprint density at radius 3 is 2.31 bits per heavy atom. The van der Waals surface area contributed by atoms with Gasteiger partial charge in [-0.3, -0.25) is 14.5 Å². The molecule has 0 spiro atoms. The van der Waals surface area contributed by atoms with Crippen molar-refractivity contribution in [2.45, 2.75) is 39.3 Å². The number of rotatable bonds is 4. The van der Waals surface area contributed by atoms with Crippen molar-refractivity contribution >= 4 is 17.7 Å². The molecule has 0 saturated carbocycles. The van der Waals surface area contributed by atoms with Crippen molar-refractivity contribution < 1.29 is 14.4 Å². The summed E-state index contributed by atoms with van der Waals surface area (Å²) in [5.74, 6) is -0.674. The van der Waals surface area contributed by atoms with E-state index in [0.717, 1.165) is 16.0 Å². The van der Waals surface area contributed by atoms with Crippen molar-refractivity contribution in [1.82, 2.24) is 10.2 Å². The first-order chi connectivity index (χ1) is 12.3. The number of nitrogens with one attached hydrogen (secondary N) is 1. The summed E-state index contributed by atoms with van der Waals surface area (Å²) in [6.45, 7) is 7.15. The average Bonchev–Trinajstić information content (AvgIpc) is 2.87. The van der Waals surface area contributed by atoms with Crippen LogP contribution in [0.4, 0.5) is 4.79 Å². The van der Waals surface area contributed by atoms with Gasteiger partial charge >= 0.3 is 6.03 Å². The number of imide groups is 1. The minimum atomic E-state index is -1.17. The lowest BCUT2D eigenvalue weighted by atomic mass is 9.91. The first-order valence-electron chi connectivity index (χ1n) is 8.58. The fourth-order valence-corrected chi connectivity index (χ4v) is 3.23. The van der Waals surface area contributed by atoms with E-state index in [0.29, 0.717) is 11.1 Å². The summed E-state index contributed by atoms with van der Waals surface area (Å²) in [4.78, 5) is 39.4. The maximum Gasteiger partial charge on any atom is 0.325 e. The Kier molecular flexibility index (Phi) is 4.40. The highest BCUT2D eigenvalue weighted by atomic mass is 16.2. The quantitative estimate of drug-likeness (QED) is 0.679. The van der Waals surface area contributed by atoms with Crippen LogP contribution in [0.1, 0.15) is 40.9 Å². The summed E-state index contributed by atoms with van der Waals surface area (Å²) >= 11 is 0. The number of hydrogen-bond acceptors (Lipinski definition) is 3. The van der Waals surface area contributed by atoms with Crippen molar-refractivity contribution in [1.29, 1.82) is 0 Å². The molecule has 5 heteroatoms. The van der Waals surface area contributed by atoms with E-state index in [2.05, 4.69) is 5.32 Å². The molecular formula is C21H22N2O3. The monoisotopic (exact) mass is 350 g/mol. The van der Waals surface area contributed by atoms with Crippen LogP contribution in [-0.4, -0.2) is 28.7 Å². The molecule has 3 amide bonds. The van der Waals surface area contributed by atoms with Crippen LogP contribution in [0.15, 0.2) is 48.5 Å². The Labute approximate surface area is 153 Å². The second-order valence-electron chi connectivity index (χ2n) is 6.94. The third kappa shape index (κ3) is 2.79. The molecule has 0 radical (unpaired) electrons. The van der Waals surface area contributed by atoms with Crippen LogP contribution in [0.2, 0.25) is 0 Å². The van der Waals surface area contributed by atoms with Gasteiger partial charge in [-0.2, -0.15) is 0 Å². The van der Waals surface area contributed by atoms with Gasteiger partial charge in [0.2, 0.25) is 0 Å². The lowest BCUT2D eigenvalue weighted by Gasteiger charge is -2.24. The maximum atomic E-state index is 13.0. The zero-order valence-corrected chi connectivity index (χ0v) is 15.4. The molecule has 3 rings (SSSR count). The number of carbonyl (C=O) groups excluding carboxylic acids is 3. The fourth-order valence-electron chi connectivity index (χ4n) is 3.23. The highest BCUT2D eigenvalue weighted by molar-refractivity contribution is 6.12. The van der Waals surface area contributed by atoms with Crippen LogP contribution in [0, 0.1) is 13.8 Å². The Bertz CT molecular complexity index is 891. The van der Waals surface area contributed by atoms with Gasteiger partial charge in [-0.25, -0.2) is 4.79 Å². The van der Waals surface area contributed by atoms with Gasteiger partial charge in [0, 0.05) is 5.56 Å². The predicted octanol–water partition coefficient (Wildman–Crippen LogP) is 3.34. The minimum absolute atomic E-state index is 0.256. The molecular weight excluding hydrogens is 328 g/mol. The highest BCUT2D eigenvalue weighted by Gasteiger charge is 2.51. The summed E-state index contributed by atoms with van der Waals surface area (Å²) in [7, 11) is 0. The van der Waals surface area contributed by atoms with Crippen molar-refractivity contribution in [2.75, 3.05) is 0 Å². The number of carbonyl (C=O) groups is 3. The molecule has 1 fully saturated rings. The molecule has 134 valence electrons. The fraction of sp³-hybridized carbons (Fsp3) is 0.286. The molecule has 26 heavy (non-hydrogen) atoms. The molecule has 2 unspecified atom stereocenters. The van der Waals surface area contributed by atoms with Crippen LogP contribution in [0.25, 0.3) is 0 Å². The average molecular weight is 350 g/mol. The van der Waals surface area contributed by atoms with E-state index in [-0.39, 0.29) is 5.78 Å². The van der Waals surface area contributed by atoms with Crippen molar-refractivity contribution in [3.63, 3.8) is 0 Å². The Morgan fingerprint density at radius 1 is 1.04 bits per heavy atom. The molecule has 1 aliphatic heterocycles. The van der Waals surface area contributed by atoms with Gasteiger partial charge in [0.15, 0.2) is 5.78 Å². The SMILES string of the molecule is Cc1ccc(C(=O)C(C)N2C(=O)NC(C)(c3ccccc3)C2=O)cc1C. The number of hydrogen-bond donors (Lipinski definition) is 1.